The van der Waals surface area contributed by atoms with E-state index in [-0.39, 0.29) is 24.4 Å². The summed E-state index contributed by atoms with van der Waals surface area (Å²) in [7, 11) is 1.58. The minimum absolute atomic E-state index is 0.0660. The SMILES string of the molecule is CCn1c(=O)c2c(nc3n2CC(C)=NN3CC(C)=O)n(C)c1=O. The Morgan fingerprint density at radius 2 is 2.00 bits per heavy atom. The summed E-state index contributed by atoms with van der Waals surface area (Å²) in [6.07, 6.45) is 0. The number of Topliss-reactive ketones (excluding diaryl/α,β-unsaturated/α-hetero) is 1. The zero-order valence-electron chi connectivity index (χ0n) is 13.5. The summed E-state index contributed by atoms with van der Waals surface area (Å²) in [6.45, 7) is 5.78. The average molecular weight is 318 g/mol. The van der Waals surface area contributed by atoms with Crippen LogP contribution in [0.15, 0.2) is 14.7 Å². The summed E-state index contributed by atoms with van der Waals surface area (Å²) in [6, 6.07) is 0. The van der Waals surface area contributed by atoms with Crippen molar-refractivity contribution in [1.82, 2.24) is 18.7 Å². The van der Waals surface area contributed by atoms with Crippen molar-refractivity contribution in [2.45, 2.75) is 33.9 Å². The van der Waals surface area contributed by atoms with E-state index in [1.54, 1.807) is 18.5 Å². The van der Waals surface area contributed by atoms with Crippen molar-refractivity contribution in [2.75, 3.05) is 11.6 Å². The standard InChI is InChI=1S/C14H18N6O3/c1-5-18-12(22)10-11(17(4)14(18)23)15-13-19(10)6-8(2)16-20(13)7-9(3)21/h5-7H2,1-4H3. The van der Waals surface area contributed by atoms with E-state index in [1.165, 1.54) is 21.1 Å². The van der Waals surface area contributed by atoms with Gasteiger partial charge in [0.1, 0.15) is 6.54 Å². The summed E-state index contributed by atoms with van der Waals surface area (Å²) in [5.74, 6) is 0.337. The maximum atomic E-state index is 12.7. The van der Waals surface area contributed by atoms with E-state index in [1.807, 2.05) is 6.92 Å². The molecule has 1 aliphatic heterocycles. The largest absolute Gasteiger partial charge is 0.332 e. The number of hydrogen-bond donors (Lipinski definition) is 0. The van der Waals surface area contributed by atoms with E-state index < -0.39 is 5.69 Å². The molecule has 1 aliphatic rings. The number of carbonyl (C=O) groups excluding carboxylic acids is 1. The molecule has 0 fully saturated rings. The highest BCUT2D eigenvalue weighted by molar-refractivity contribution is 5.89. The van der Waals surface area contributed by atoms with Gasteiger partial charge in [-0.3, -0.25) is 23.3 Å². The molecule has 0 bridgehead atoms. The monoisotopic (exact) mass is 318 g/mol. The number of hydrogen-bond acceptors (Lipinski definition) is 6. The second-order valence-electron chi connectivity index (χ2n) is 5.66. The molecule has 122 valence electrons. The lowest BCUT2D eigenvalue weighted by Crippen LogP contribution is -2.39. The minimum atomic E-state index is -0.406. The molecule has 0 aromatic carbocycles. The number of hydrazone groups is 1. The smallest absolute Gasteiger partial charge is 0.298 e. The van der Waals surface area contributed by atoms with Gasteiger partial charge in [-0.15, -0.1) is 0 Å². The zero-order chi connectivity index (χ0) is 16.9. The molecule has 0 aliphatic carbocycles. The lowest BCUT2D eigenvalue weighted by molar-refractivity contribution is -0.115. The van der Waals surface area contributed by atoms with Crippen molar-refractivity contribution < 1.29 is 4.79 Å². The molecule has 0 N–H and O–H groups in total. The number of aromatic nitrogens is 4. The predicted octanol–water partition coefficient (Wildman–Crippen LogP) is -0.299. The van der Waals surface area contributed by atoms with E-state index >= 15 is 0 Å². The summed E-state index contributed by atoms with van der Waals surface area (Å²) in [5.41, 5.74) is 0.636. The number of carbonyl (C=O) groups is 1. The molecular weight excluding hydrogens is 300 g/mol. The van der Waals surface area contributed by atoms with Crippen LogP contribution in [-0.4, -0.2) is 36.7 Å². The zero-order valence-corrected chi connectivity index (χ0v) is 13.5. The van der Waals surface area contributed by atoms with E-state index in [9.17, 15) is 14.4 Å². The first-order valence-electron chi connectivity index (χ1n) is 7.36. The van der Waals surface area contributed by atoms with Crippen LogP contribution in [0, 0.1) is 0 Å². The molecule has 2 aromatic rings. The molecule has 2 aromatic heterocycles. The van der Waals surface area contributed by atoms with Crippen LogP contribution in [0.5, 0.6) is 0 Å². The van der Waals surface area contributed by atoms with Gasteiger partial charge in [-0.05, 0) is 20.8 Å². The third-order valence-electron chi connectivity index (χ3n) is 3.81. The van der Waals surface area contributed by atoms with Crippen LogP contribution < -0.4 is 16.3 Å². The van der Waals surface area contributed by atoms with Crippen LogP contribution in [0.4, 0.5) is 5.95 Å². The third kappa shape index (κ3) is 2.19. The highest BCUT2D eigenvalue weighted by Crippen LogP contribution is 2.23. The minimum Gasteiger partial charge on any atom is -0.298 e. The van der Waals surface area contributed by atoms with Crippen LogP contribution in [0.25, 0.3) is 11.2 Å². The van der Waals surface area contributed by atoms with Gasteiger partial charge in [-0.2, -0.15) is 10.1 Å². The highest BCUT2D eigenvalue weighted by Gasteiger charge is 2.26. The van der Waals surface area contributed by atoms with Crippen LogP contribution >= 0.6 is 0 Å². The fraction of sp³-hybridized carbons (Fsp3) is 0.500. The lowest BCUT2D eigenvalue weighted by Gasteiger charge is -2.23. The first-order chi connectivity index (χ1) is 10.8. The second kappa shape index (κ2) is 5.18. The summed E-state index contributed by atoms with van der Waals surface area (Å²) >= 11 is 0. The number of rotatable bonds is 3. The number of nitrogens with zero attached hydrogens (tertiary/aromatic N) is 6. The molecule has 0 spiro atoms. The summed E-state index contributed by atoms with van der Waals surface area (Å²) in [4.78, 5) is 40.8. The topological polar surface area (TPSA) is 94.5 Å². The Kier molecular flexibility index (Phi) is 3.42. The van der Waals surface area contributed by atoms with Gasteiger partial charge in [0.2, 0.25) is 5.95 Å². The molecule has 0 unspecified atom stereocenters. The van der Waals surface area contributed by atoms with Crippen molar-refractivity contribution in [2.24, 2.45) is 12.1 Å². The number of anilines is 1. The van der Waals surface area contributed by atoms with Crippen molar-refractivity contribution >= 4 is 28.6 Å². The van der Waals surface area contributed by atoms with Gasteiger partial charge >= 0.3 is 5.69 Å². The van der Waals surface area contributed by atoms with Crippen molar-refractivity contribution in [1.29, 1.82) is 0 Å². The van der Waals surface area contributed by atoms with E-state index in [2.05, 4.69) is 10.1 Å². The number of fused-ring (bicyclic) bond motifs is 3. The first kappa shape index (κ1) is 15.2. The van der Waals surface area contributed by atoms with Gasteiger partial charge in [0.05, 0.1) is 12.3 Å². The Hall–Kier alpha value is -2.71. The molecule has 0 saturated carbocycles. The second-order valence-corrected chi connectivity index (χ2v) is 5.66. The fourth-order valence-electron chi connectivity index (χ4n) is 2.81. The fourth-order valence-corrected chi connectivity index (χ4v) is 2.81. The Balaban J connectivity index is 2.37. The van der Waals surface area contributed by atoms with Gasteiger partial charge in [-0.1, -0.05) is 0 Å². The Bertz CT molecular complexity index is 962. The Morgan fingerprint density at radius 1 is 1.30 bits per heavy atom. The molecule has 0 saturated heterocycles. The molecule has 9 heteroatoms. The molecule has 0 atom stereocenters. The average Bonchev–Trinajstić information content (AvgIpc) is 2.84. The van der Waals surface area contributed by atoms with Crippen LogP contribution in [0.3, 0.4) is 0 Å². The van der Waals surface area contributed by atoms with Crippen LogP contribution in [0.1, 0.15) is 20.8 Å². The molecule has 0 radical (unpaired) electrons. The van der Waals surface area contributed by atoms with E-state index in [0.717, 1.165) is 5.71 Å². The van der Waals surface area contributed by atoms with Gasteiger partial charge < -0.3 is 0 Å². The van der Waals surface area contributed by atoms with Crippen LogP contribution in [0.2, 0.25) is 0 Å². The molecule has 3 rings (SSSR count). The molecule has 0 amide bonds. The predicted molar refractivity (Wildman–Crippen MR) is 86.0 cm³/mol. The van der Waals surface area contributed by atoms with Gasteiger partial charge in [0, 0.05) is 13.6 Å². The summed E-state index contributed by atoms with van der Waals surface area (Å²) < 4.78 is 4.25. The van der Waals surface area contributed by atoms with Crippen molar-refractivity contribution in [3.05, 3.63) is 20.8 Å². The number of imidazole rings is 1. The lowest BCUT2D eigenvalue weighted by atomic mass is 10.3. The summed E-state index contributed by atoms with van der Waals surface area (Å²) in [5, 5.41) is 5.81. The van der Waals surface area contributed by atoms with Crippen molar-refractivity contribution in [3.8, 4) is 0 Å². The molecular formula is C14H18N6O3. The number of aryl methyl sites for hydroxylation is 1. The first-order valence-corrected chi connectivity index (χ1v) is 7.36. The molecule has 3 heterocycles. The van der Waals surface area contributed by atoms with Gasteiger partial charge in [0.25, 0.3) is 5.56 Å². The molecule has 9 nitrogen and oxygen atoms in total. The number of ketones is 1. The van der Waals surface area contributed by atoms with E-state index in [0.29, 0.717) is 23.7 Å². The maximum absolute atomic E-state index is 12.7. The Morgan fingerprint density at radius 3 is 2.61 bits per heavy atom. The quantitative estimate of drug-likeness (QED) is 0.774. The maximum Gasteiger partial charge on any atom is 0.332 e. The van der Waals surface area contributed by atoms with Crippen LogP contribution in [-0.2, 0) is 24.9 Å². The van der Waals surface area contributed by atoms with Gasteiger partial charge in [-0.25, -0.2) is 9.80 Å². The normalized spacial score (nSPS) is 14.1. The highest BCUT2D eigenvalue weighted by atomic mass is 16.2. The Labute approximate surface area is 131 Å². The molecule has 23 heavy (non-hydrogen) atoms. The van der Waals surface area contributed by atoms with E-state index in [4.69, 9.17) is 0 Å². The van der Waals surface area contributed by atoms with Gasteiger partial charge in [0.15, 0.2) is 16.9 Å². The third-order valence-corrected chi connectivity index (χ3v) is 3.81. The van der Waals surface area contributed by atoms with Crippen molar-refractivity contribution in [3.63, 3.8) is 0 Å².